The maximum Gasteiger partial charge on any atom is 0.573 e. The lowest BCUT2D eigenvalue weighted by Crippen LogP contribution is -2.20. The molecule has 0 atom stereocenters. The van der Waals surface area contributed by atoms with Crippen molar-refractivity contribution in [3.05, 3.63) is 66.0 Å². The van der Waals surface area contributed by atoms with Crippen LogP contribution in [0.3, 0.4) is 0 Å². The summed E-state index contributed by atoms with van der Waals surface area (Å²) < 4.78 is 68.6. The Kier molecular flexibility index (Phi) is 4.92. The zero-order valence-corrected chi connectivity index (χ0v) is 14.7. The van der Waals surface area contributed by atoms with Crippen LogP contribution in [0.4, 0.5) is 18.9 Å². The summed E-state index contributed by atoms with van der Waals surface area (Å²) in [7, 11) is -4.25. The molecule has 3 rings (SSSR count). The van der Waals surface area contributed by atoms with Gasteiger partial charge in [0.1, 0.15) is 10.6 Å². The summed E-state index contributed by atoms with van der Waals surface area (Å²) >= 11 is 1.31. The number of thiophene rings is 1. The number of anilines is 1. The summed E-state index contributed by atoms with van der Waals surface area (Å²) in [5.74, 6) is -0.786. The lowest BCUT2D eigenvalue weighted by atomic mass is 10.2. The predicted molar refractivity (Wildman–Crippen MR) is 93.7 cm³/mol. The molecule has 2 aromatic carbocycles. The molecular formula is C17H12F3NO3S2. The third-order valence-electron chi connectivity index (χ3n) is 3.27. The second-order valence-electron chi connectivity index (χ2n) is 5.17. The minimum Gasteiger partial charge on any atom is -0.404 e. The Bertz CT molecular complexity index is 999. The first-order valence-corrected chi connectivity index (χ1v) is 9.62. The Labute approximate surface area is 151 Å². The predicted octanol–water partition coefficient (Wildman–Crippen LogP) is 5.11. The van der Waals surface area contributed by atoms with Crippen LogP contribution >= 0.6 is 11.3 Å². The fraction of sp³-hybridized carbons (Fsp3) is 0.0588. The van der Waals surface area contributed by atoms with Crippen molar-refractivity contribution in [3.8, 4) is 16.2 Å². The number of nitrogens with one attached hydrogen (secondary N) is 1. The van der Waals surface area contributed by atoms with Gasteiger partial charge < -0.3 is 4.74 Å². The van der Waals surface area contributed by atoms with Gasteiger partial charge in [-0.25, -0.2) is 8.42 Å². The summed E-state index contributed by atoms with van der Waals surface area (Å²) in [6, 6.07) is 15.5. The Hall–Kier alpha value is -2.52. The molecule has 136 valence electrons. The summed E-state index contributed by atoms with van der Waals surface area (Å²) in [5.41, 5.74) is 1.17. The van der Waals surface area contributed by atoms with E-state index in [1.54, 1.807) is 11.4 Å². The van der Waals surface area contributed by atoms with Crippen molar-refractivity contribution >= 4 is 27.0 Å². The maximum absolute atomic E-state index is 12.5. The van der Waals surface area contributed by atoms with Crippen molar-refractivity contribution in [2.45, 2.75) is 11.3 Å². The molecule has 0 aliphatic rings. The number of hydrogen-bond donors (Lipinski definition) is 1. The molecule has 0 aliphatic heterocycles. The van der Waals surface area contributed by atoms with E-state index in [9.17, 15) is 21.6 Å². The van der Waals surface area contributed by atoms with Gasteiger partial charge in [-0.1, -0.05) is 42.5 Å². The van der Waals surface area contributed by atoms with Crippen molar-refractivity contribution in [1.82, 2.24) is 0 Å². The van der Waals surface area contributed by atoms with Crippen molar-refractivity contribution in [2.24, 2.45) is 0 Å². The number of alkyl halides is 3. The van der Waals surface area contributed by atoms with Gasteiger partial charge in [0.05, 0.1) is 5.69 Å². The molecule has 0 aliphatic carbocycles. The van der Waals surface area contributed by atoms with Gasteiger partial charge in [0.15, 0.2) is 0 Å². The Balaban J connectivity index is 1.88. The van der Waals surface area contributed by atoms with Crippen LogP contribution in [0, 0.1) is 0 Å². The van der Waals surface area contributed by atoms with Gasteiger partial charge in [-0.05, 0) is 23.8 Å². The summed E-state index contributed by atoms with van der Waals surface area (Å²) in [6.07, 6.45) is -4.99. The van der Waals surface area contributed by atoms with E-state index in [4.69, 9.17) is 0 Å². The number of ether oxygens (including phenoxy) is 1. The first-order valence-electron chi connectivity index (χ1n) is 7.26. The van der Waals surface area contributed by atoms with Crippen LogP contribution in [-0.2, 0) is 10.0 Å². The van der Waals surface area contributed by atoms with E-state index in [1.807, 2.05) is 30.3 Å². The van der Waals surface area contributed by atoms with Crippen molar-refractivity contribution < 1.29 is 26.3 Å². The van der Waals surface area contributed by atoms with Gasteiger partial charge in [0, 0.05) is 10.3 Å². The minimum atomic E-state index is -4.99. The minimum absolute atomic E-state index is 0.260. The normalized spacial score (nSPS) is 12.0. The van der Waals surface area contributed by atoms with E-state index >= 15 is 0 Å². The topological polar surface area (TPSA) is 55.4 Å². The quantitative estimate of drug-likeness (QED) is 0.648. The second-order valence-corrected chi connectivity index (χ2v) is 7.73. The fourth-order valence-corrected chi connectivity index (χ4v) is 4.33. The molecule has 26 heavy (non-hydrogen) atoms. The highest BCUT2D eigenvalue weighted by Crippen LogP contribution is 2.33. The van der Waals surface area contributed by atoms with Crippen LogP contribution in [0.2, 0.25) is 0 Å². The highest BCUT2D eigenvalue weighted by Gasteiger charge is 2.34. The molecule has 1 heterocycles. The summed E-state index contributed by atoms with van der Waals surface area (Å²) in [4.78, 5) is 0.230. The Morgan fingerprint density at radius 2 is 1.62 bits per heavy atom. The Morgan fingerprint density at radius 3 is 2.31 bits per heavy atom. The second kappa shape index (κ2) is 7.00. The summed E-state index contributed by atoms with van der Waals surface area (Å²) in [5, 5.41) is 1.58. The molecule has 0 bridgehead atoms. The largest absolute Gasteiger partial charge is 0.573 e. The number of para-hydroxylation sites is 1. The van der Waals surface area contributed by atoms with Crippen molar-refractivity contribution in [3.63, 3.8) is 0 Å². The fourth-order valence-electron chi connectivity index (χ4n) is 2.23. The van der Waals surface area contributed by atoms with Crippen LogP contribution in [0.15, 0.2) is 70.9 Å². The number of sulfonamides is 1. The van der Waals surface area contributed by atoms with E-state index in [2.05, 4.69) is 9.46 Å². The first-order chi connectivity index (χ1) is 12.2. The first kappa shape index (κ1) is 18.3. The molecule has 0 fully saturated rings. The molecule has 0 radical (unpaired) electrons. The average molecular weight is 399 g/mol. The maximum atomic E-state index is 12.5. The third kappa shape index (κ3) is 4.36. The third-order valence-corrected chi connectivity index (χ3v) is 5.67. The van der Waals surface area contributed by atoms with Crippen molar-refractivity contribution in [2.75, 3.05) is 4.72 Å². The van der Waals surface area contributed by atoms with Crippen LogP contribution in [-0.4, -0.2) is 14.8 Å². The van der Waals surface area contributed by atoms with Crippen LogP contribution in [0.25, 0.3) is 10.4 Å². The molecular weight excluding hydrogens is 387 g/mol. The zero-order valence-electron chi connectivity index (χ0n) is 13.0. The molecule has 1 N–H and O–H groups in total. The average Bonchev–Trinajstić information content (AvgIpc) is 3.02. The molecule has 1 aromatic heterocycles. The van der Waals surface area contributed by atoms with E-state index < -0.39 is 27.0 Å². The monoisotopic (exact) mass is 399 g/mol. The van der Waals surface area contributed by atoms with Crippen LogP contribution in [0.5, 0.6) is 5.75 Å². The highest BCUT2D eigenvalue weighted by molar-refractivity contribution is 7.92. The highest BCUT2D eigenvalue weighted by atomic mass is 32.2. The number of rotatable bonds is 5. The van der Waals surface area contributed by atoms with Gasteiger partial charge in [0.2, 0.25) is 0 Å². The van der Waals surface area contributed by atoms with E-state index in [0.717, 1.165) is 22.6 Å². The van der Waals surface area contributed by atoms with Gasteiger partial charge in [0.25, 0.3) is 10.0 Å². The van der Waals surface area contributed by atoms with Crippen LogP contribution in [0.1, 0.15) is 0 Å². The number of halogens is 3. The number of hydrogen-bond acceptors (Lipinski definition) is 4. The van der Waals surface area contributed by atoms with Gasteiger partial charge in [-0.2, -0.15) is 0 Å². The lowest BCUT2D eigenvalue weighted by Gasteiger charge is -2.13. The van der Waals surface area contributed by atoms with E-state index in [-0.39, 0.29) is 5.69 Å². The molecule has 4 nitrogen and oxygen atoms in total. The molecule has 0 unspecified atom stereocenters. The SMILES string of the molecule is O=S(=O)(Nc1csc(-c2ccccc2)c1)c1ccccc1OC(F)(F)F. The lowest BCUT2D eigenvalue weighted by molar-refractivity contribution is -0.275. The molecule has 3 aromatic rings. The molecule has 0 saturated heterocycles. The van der Waals surface area contributed by atoms with E-state index in [1.165, 1.54) is 23.5 Å². The van der Waals surface area contributed by atoms with E-state index in [0.29, 0.717) is 0 Å². The summed E-state index contributed by atoms with van der Waals surface area (Å²) in [6.45, 7) is 0. The Morgan fingerprint density at radius 1 is 0.962 bits per heavy atom. The van der Waals surface area contributed by atoms with Crippen LogP contribution < -0.4 is 9.46 Å². The standard InChI is InChI=1S/C17H12F3NO3S2/c18-17(19,20)24-14-8-4-5-9-16(14)26(22,23)21-13-10-15(25-11-13)12-6-2-1-3-7-12/h1-11,21H. The van der Waals surface area contributed by atoms with Gasteiger partial charge in [-0.15, -0.1) is 24.5 Å². The number of benzene rings is 2. The smallest absolute Gasteiger partial charge is 0.404 e. The molecule has 0 amide bonds. The molecule has 0 spiro atoms. The zero-order chi connectivity index (χ0) is 18.8. The van der Waals surface area contributed by atoms with Gasteiger partial charge in [-0.3, -0.25) is 4.72 Å². The van der Waals surface area contributed by atoms with Crippen molar-refractivity contribution in [1.29, 1.82) is 0 Å². The molecule has 9 heteroatoms. The molecule has 0 saturated carbocycles. The van der Waals surface area contributed by atoms with Gasteiger partial charge >= 0.3 is 6.36 Å².